The second kappa shape index (κ2) is 4.59. The maximum Gasteiger partial charge on any atom is 0.407 e. The Bertz CT molecular complexity index is 219. The van der Waals surface area contributed by atoms with Crippen LogP contribution in [0.4, 0.5) is 4.79 Å². The SMILES string of the molecule is CCNC(=O)OCC1=CC=CC1. The third-order valence-corrected chi connectivity index (χ3v) is 1.56. The Morgan fingerprint density at radius 2 is 2.58 bits per heavy atom. The third-order valence-electron chi connectivity index (χ3n) is 1.56. The minimum absolute atomic E-state index is 0.342. The van der Waals surface area contributed by atoms with Crippen molar-refractivity contribution < 1.29 is 9.53 Å². The second-order valence-corrected chi connectivity index (χ2v) is 2.56. The first kappa shape index (κ1) is 8.84. The Morgan fingerprint density at radius 3 is 3.17 bits per heavy atom. The van der Waals surface area contributed by atoms with Crippen LogP contribution in [0.1, 0.15) is 13.3 Å². The number of hydrogen-bond donors (Lipinski definition) is 1. The van der Waals surface area contributed by atoms with E-state index >= 15 is 0 Å². The topological polar surface area (TPSA) is 38.3 Å². The van der Waals surface area contributed by atoms with Gasteiger partial charge in [-0.1, -0.05) is 18.2 Å². The molecule has 12 heavy (non-hydrogen) atoms. The number of rotatable bonds is 3. The molecule has 1 N–H and O–H groups in total. The molecule has 0 spiro atoms. The summed E-state index contributed by atoms with van der Waals surface area (Å²) in [6.45, 7) is 2.87. The molecule has 1 rings (SSSR count). The summed E-state index contributed by atoms with van der Waals surface area (Å²) in [5.74, 6) is 0. The molecule has 0 bridgehead atoms. The van der Waals surface area contributed by atoms with Gasteiger partial charge in [0.05, 0.1) is 0 Å². The predicted molar refractivity (Wildman–Crippen MR) is 46.9 cm³/mol. The number of alkyl carbamates (subject to hydrolysis) is 1. The minimum atomic E-state index is -0.342. The van der Waals surface area contributed by atoms with Crippen molar-refractivity contribution in [2.24, 2.45) is 0 Å². The lowest BCUT2D eigenvalue weighted by Gasteiger charge is -2.04. The number of hydrogen-bond acceptors (Lipinski definition) is 2. The maximum atomic E-state index is 10.8. The molecular weight excluding hydrogens is 154 g/mol. The van der Waals surface area contributed by atoms with E-state index in [-0.39, 0.29) is 6.09 Å². The number of amides is 1. The van der Waals surface area contributed by atoms with E-state index in [2.05, 4.69) is 5.32 Å². The van der Waals surface area contributed by atoms with Gasteiger partial charge in [0.2, 0.25) is 0 Å². The highest BCUT2D eigenvalue weighted by Crippen LogP contribution is 2.09. The van der Waals surface area contributed by atoms with Crippen molar-refractivity contribution in [1.82, 2.24) is 5.32 Å². The van der Waals surface area contributed by atoms with Gasteiger partial charge in [0.15, 0.2) is 0 Å². The number of carbonyl (C=O) groups excluding carboxylic acids is 1. The number of carbonyl (C=O) groups is 1. The lowest BCUT2D eigenvalue weighted by atomic mass is 10.2. The Balaban J connectivity index is 2.13. The smallest absolute Gasteiger partial charge is 0.407 e. The zero-order chi connectivity index (χ0) is 8.81. The fourth-order valence-electron chi connectivity index (χ4n) is 0.952. The van der Waals surface area contributed by atoms with Gasteiger partial charge in [-0.15, -0.1) is 0 Å². The molecule has 1 aliphatic rings. The molecule has 66 valence electrons. The third kappa shape index (κ3) is 2.78. The molecule has 0 heterocycles. The zero-order valence-corrected chi connectivity index (χ0v) is 7.17. The standard InChI is InChI=1S/C9H13NO2/c1-2-10-9(11)12-7-8-5-3-4-6-8/h3-5H,2,6-7H2,1H3,(H,10,11). The van der Waals surface area contributed by atoms with Crippen LogP contribution >= 0.6 is 0 Å². The van der Waals surface area contributed by atoms with Gasteiger partial charge in [0, 0.05) is 6.54 Å². The van der Waals surface area contributed by atoms with Crippen molar-refractivity contribution in [2.75, 3.05) is 13.2 Å². The van der Waals surface area contributed by atoms with Gasteiger partial charge in [-0.05, 0) is 18.9 Å². The van der Waals surface area contributed by atoms with Crippen LogP contribution in [0.3, 0.4) is 0 Å². The van der Waals surface area contributed by atoms with Gasteiger partial charge in [-0.25, -0.2) is 4.79 Å². The summed E-state index contributed by atoms with van der Waals surface area (Å²) >= 11 is 0. The quantitative estimate of drug-likeness (QED) is 0.693. The molecule has 0 atom stereocenters. The first-order valence-electron chi connectivity index (χ1n) is 4.08. The number of nitrogens with one attached hydrogen (secondary N) is 1. The summed E-state index contributed by atoms with van der Waals surface area (Å²) in [7, 11) is 0. The van der Waals surface area contributed by atoms with Crippen LogP contribution in [0.2, 0.25) is 0 Å². The molecule has 0 aliphatic heterocycles. The summed E-state index contributed by atoms with van der Waals surface area (Å²) < 4.78 is 4.91. The summed E-state index contributed by atoms with van der Waals surface area (Å²) in [6, 6.07) is 0. The Labute approximate surface area is 72.1 Å². The summed E-state index contributed by atoms with van der Waals surface area (Å²) in [5, 5.41) is 2.56. The van der Waals surface area contributed by atoms with Crippen LogP contribution in [0, 0.1) is 0 Å². The largest absolute Gasteiger partial charge is 0.445 e. The minimum Gasteiger partial charge on any atom is -0.445 e. The fraction of sp³-hybridized carbons (Fsp3) is 0.444. The van der Waals surface area contributed by atoms with E-state index in [4.69, 9.17) is 4.74 Å². The van der Waals surface area contributed by atoms with Crippen LogP contribution in [0.25, 0.3) is 0 Å². The molecule has 0 aromatic carbocycles. The normalized spacial score (nSPS) is 14.2. The molecule has 1 amide bonds. The molecule has 0 aromatic rings. The first-order chi connectivity index (χ1) is 5.83. The van der Waals surface area contributed by atoms with Crippen LogP contribution in [0.5, 0.6) is 0 Å². The lowest BCUT2D eigenvalue weighted by molar-refractivity contribution is 0.156. The van der Waals surface area contributed by atoms with Crippen molar-refractivity contribution in [3.05, 3.63) is 23.8 Å². The molecule has 0 saturated heterocycles. The van der Waals surface area contributed by atoms with E-state index in [0.29, 0.717) is 13.2 Å². The Morgan fingerprint density at radius 1 is 1.75 bits per heavy atom. The van der Waals surface area contributed by atoms with E-state index in [0.717, 1.165) is 12.0 Å². The van der Waals surface area contributed by atoms with E-state index in [1.165, 1.54) is 0 Å². The highest BCUT2D eigenvalue weighted by molar-refractivity contribution is 5.67. The molecule has 3 nitrogen and oxygen atoms in total. The number of allylic oxidation sites excluding steroid dienone is 3. The zero-order valence-electron chi connectivity index (χ0n) is 7.17. The fourth-order valence-corrected chi connectivity index (χ4v) is 0.952. The van der Waals surface area contributed by atoms with E-state index in [1.54, 1.807) is 0 Å². The highest BCUT2D eigenvalue weighted by Gasteiger charge is 2.03. The van der Waals surface area contributed by atoms with Crippen LogP contribution in [-0.4, -0.2) is 19.2 Å². The Kier molecular flexibility index (Phi) is 3.38. The summed E-state index contributed by atoms with van der Waals surface area (Å²) in [5.41, 5.74) is 1.14. The van der Waals surface area contributed by atoms with Crippen LogP contribution in [0.15, 0.2) is 23.8 Å². The lowest BCUT2D eigenvalue weighted by Crippen LogP contribution is -2.24. The van der Waals surface area contributed by atoms with Crippen molar-refractivity contribution >= 4 is 6.09 Å². The van der Waals surface area contributed by atoms with Gasteiger partial charge in [0.1, 0.15) is 6.61 Å². The Hall–Kier alpha value is -1.25. The van der Waals surface area contributed by atoms with Crippen molar-refractivity contribution in [2.45, 2.75) is 13.3 Å². The molecule has 0 unspecified atom stereocenters. The molecular formula is C9H13NO2. The van der Waals surface area contributed by atoms with Crippen molar-refractivity contribution in [3.63, 3.8) is 0 Å². The average molecular weight is 167 g/mol. The average Bonchev–Trinajstić information content (AvgIpc) is 2.53. The van der Waals surface area contributed by atoms with Crippen molar-refractivity contribution in [1.29, 1.82) is 0 Å². The van der Waals surface area contributed by atoms with E-state index in [1.807, 2.05) is 25.2 Å². The van der Waals surface area contributed by atoms with Gasteiger partial charge in [-0.3, -0.25) is 0 Å². The summed E-state index contributed by atoms with van der Waals surface area (Å²) in [6.07, 6.45) is 6.54. The molecule has 0 saturated carbocycles. The first-order valence-corrected chi connectivity index (χ1v) is 4.08. The van der Waals surface area contributed by atoms with Gasteiger partial charge in [-0.2, -0.15) is 0 Å². The van der Waals surface area contributed by atoms with Gasteiger partial charge >= 0.3 is 6.09 Å². The molecule has 0 aromatic heterocycles. The highest BCUT2D eigenvalue weighted by atomic mass is 16.5. The monoisotopic (exact) mass is 167 g/mol. The van der Waals surface area contributed by atoms with E-state index in [9.17, 15) is 4.79 Å². The maximum absolute atomic E-state index is 10.8. The second-order valence-electron chi connectivity index (χ2n) is 2.56. The predicted octanol–water partition coefficient (Wildman–Crippen LogP) is 1.62. The molecule has 0 fully saturated rings. The van der Waals surface area contributed by atoms with Gasteiger partial charge in [0.25, 0.3) is 0 Å². The molecule has 3 heteroatoms. The molecule has 1 aliphatic carbocycles. The molecule has 0 radical (unpaired) electrons. The van der Waals surface area contributed by atoms with Crippen molar-refractivity contribution in [3.8, 4) is 0 Å². The van der Waals surface area contributed by atoms with Crippen LogP contribution < -0.4 is 5.32 Å². The van der Waals surface area contributed by atoms with Crippen LogP contribution in [-0.2, 0) is 4.74 Å². The number of ether oxygens (including phenoxy) is 1. The van der Waals surface area contributed by atoms with E-state index < -0.39 is 0 Å². The summed E-state index contributed by atoms with van der Waals surface area (Å²) in [4.78, 5) is 10.8. The van der Waals surface area contributed by atoms with Gasteiger partial charge < -0.3 is 10.1 Å².